The van der Waals surface area contributed by atoms with E-state index in [1.165, 1.54) is 5.56 Å². The first-order valence-corrected chi connectivity index (χ1v) is 23.9. The fourth-order valence-electron chi connectivity index (χ4n) is 7.40. The molecule has 0 saturated heterocycles. The normalized spacial score (nSPS) is 13.7. The summed E-state index contributed by atoms with van der Waals surface area (Å²) in [5.41, 5.74) is 11.1. The van der Waals surface area contributed by atoms with Gasteiger partial charge in [0.15, 0.2) is 13.9 Å². The molecule has 0 fully saturated rings. The number of aromatic nitrogens is 2. The van der Waals surface area contributed by atoms with Gasteiger partial charge in [-0.25, -0.2) is 14.8 Å². The molecule has 10 nitrogen and oxygen atoms in total. The van der Waals surface area contributed by atoms with Crippen LogP contribution in [0.4, 0.5) is 10.5 Å². The van der Waals surface area contributed by atoms with Crippen LogP contribution in [0.15, 0.2) is 65.1 Å². The van der Waals surface area contributed by atoms with E-state index in [4.69, 9.17) is 23.5 Å². The lowest BCUT2D eigenvalue weighted by Crippen LogP contribution is -2.43. The van der Waals surface area contributed by atoms with Gasteiger partial charge >= 0.3 is 6.09 Å². The smallest absolute Gasteiger partial charge is 0.410 e. The van der Waals surface area contributed by atoms with E-state index >= 15 is 0 Å². The molecule has 0 aliphatic carbocycles. The first-order chi connectivity index (χ1) is 27.7. The van der Waals surface area contributed by atoms with E-state index < -0.39 is 13.9 Å². The van der Waals surface area contributed by atoms with E-state index in [0.717, 1.165) is 81.8 Å². The molecule has 6 rings (SSSR count). The molecule has 11 heteroatoms. The number of hydrogen-bond acceptors (Lipinski definition) is 8. The number of amides is 2. The number of benzene rings is 3. The molecule has 0 spiro atoms. The Morgan fingerprint density at radius 3 is 2.31 bits per heavy atom. The van der Waals surface area contributed by atoms with Crippen molar-refractivity contribution < 1.29 is 23.2 Å². The van der Waals surface area contributed by atoms with Crippen molar-refractivity contribution in [2.24, 2.45) is 0 Å². The van der Waals surface area contributed by atoms with Crippen LogP contribution in [-0.4, -0.2) is 71.9 Å². The second-order valence-corrected chi connectivity index (χ2v) is 23.3. The van der Waals surface area contributed by atoms with Crippen molar-refractivity contribution in [3.63, 3.8) is 0 Å². The van der Waals surface area contributed by atoms with Crippen LogP contribution in [0.1, 0.15) is 98.9 Å². The van der Waals surface area contributed by atoms with Gasteiger partial charge < -0.3 is 23.8 Å². The summed E-state index contributed by atoms with van der Waals surface area (Å²) in [4.78, 5) is 40.7. The zero-order chi connectivity index (χ0) is 42.9. The molecule has 1 N–H and O–H groups in total. The van der Waals surface area contributed by atoms with Gasteiger partial charge in [-0.15, -0.1) is 0 Å². The first-order valence-electron chi connectivity index (χ1n) is 21.0. The zero-order valence-corrected chi connectivity index (χ0v) is 38.3. The Labute approximate surface area is 351 Å². The number of hydrogen-bond donors (Lipinski definition) is 1. The number of anilines is 1. The van der Waals surface area contributed by atoms with Crippen LogP contribution >= 0.6 is 0 Å². The molecule has 0 bridgehead atoms. The van der Waals surface area contributed by atoms with E-state index in [2.05, 4.69) is 70.1 Å². The SMILES string of the molecule is CCCN(Cc1ccc2oc(-c3cccc(-c4cccc(NC(=O)c5cc(C)c6c(n5)CN(CCO[Si](C)(C)C(C)(C)C)CC6)c4C)c3C)nc2c1)C(=O)OC(C)(C)C. The summed E-state index contributed by atoms with van der Waals surface area (Å²) < 4.78 is 18.4. The number of nitrogens with one attached hydrogen (secondary N) is 1. The van der Waals surface area contributed by atoms with Gasteiger partial charge in [0, 0.05) is 50.6 Å². The van der Waals surface area contributed by atoms with Crippen molar-refractivity contribution in [2.75, 3.05) is 31.6 Å². The average molecular weight is 818 g/mol. The van der Waals surface area contributed by atoms with E-state index in [0.29, 0.717) is 43.4 Å². The number of rotatable bonds is 12. The predicted molar refractivity (Wildman–Crippen MR) is 240 cm³/mol. The maximum Gasteiger partial charge on any atom is 0.410 e. The van der Waals surface area contributed by atoms with Gasteiger partial charge in [0.1, 0.15) is 16.8 Å². The van der Waals surface area contributed by atoms with Crippen molar-refractivity contribution in [3.8, 4) is 22.6 Å². The summed E-state index contributed by atoms with van der Waals surface area (Å²) in [7, 11) is -1.82. The number of nitrogens with zero attached hydrogens (tertiary/aromatic N) is 4. The summed E-state index contributed by atoms with van der Waals surface area (Å²) in [6.45, 7) is 29.5. The monoisotopic (exact) mass is 817 g/mol. The molecule has 3 aromatic carbocycles. The molecule has 0 radical (unpaired) electrons. The molecule has 1 aliphatic rings. The highest BCUT2D eigenvalue weighted by Crippen LogP contribution is 2.38. The number of oxazole rings is 1. The van der Waals surface area contributed by atoms with Crippen molar-refractivity contribution in [1.82, 2.24) is 19.8 Å². The highest BCUT2D eigenvalue weighted by molar-refractivity contribution is 6.74. The number of carbonyl (C=O) groups excluding carboxylic acids is 2. The molecule has 0 unspecified atom stereocenters. The van der Waals surface area contributed by atoms with E-state index in [1.54, 1.807) is 4.90 Å². The van der Waals surface area contributed by atoms with Crippen LogP contribution < -0.4 is 5.32 Å². The highest BCUT2D eigenvalue weighted by Gasteiger charge is 2.37. The maximum absolute atomic E-state index is 13.9. The molecule has 314 valence electrons. The summed E-state index contributed by atoms with van der Waals surface area (Å²) >= 11 is 0. The molecule has 1 aliphatic heterocycles. The third kappa shape index (κ3) is 10.1. The van der Waals surface area contributed by atoms with Crippen LogP contribution in [0.5, 0.6) is 0 Å². The molecule has 0 atom stereocenters. The minimum atomic E-state index is -1.82. The fraction of sp³-hybridized carbons (Fsp3) is 0.458. The minimum Gasteiger partial charge on any atom is -0.444 e. The van der Waals surface area contributed by atoms with Crippen LogP contribution in [0.25, 0.3) is 33.7 Å². The van der Waals surface area contributed by atoms with Crippen LogP contribution in [0.2, 0.25) is 18.1 Å². The molecule has 2 aromatic heterocycles. The molecular formula is C48H63N5O5Si. The second-order valence-electron chi connectivity index (χ2n) is 18.5. The Balaban J connectivity index is 1.18. The van der Waals surface area contributed by atoms with E-state index in [9.17, 15) is 9.59 Å². The lowest BCUT2D eigenvalue weighted by atomic mass is 9.92. The predicted octanol–water partition coefficient (Wildman–Crippen LogP) is 11.3. The second kappa shape index (κ2) is 17.4. The molecule has 0 saturated carbocycles. The van der Waals surface area contributed by atoms with Crippen LogP contribution in [0, 0.1) is 20.8 Å². The van der Waals surface area contributed by atoms with Crippen molar-refractivity contribution >= 4 is 37.1 Å². The number of pyridine rings is 1. The third-order valence-corrected chi connectivity index (χ3v) is 16.3. The minimum absolute atomic E-state index is 0.174. The number of aryl methyl sites for hydroxylation is 1. The molecule has 5 aromatic rings. The summed E-state index contributed by atoms with van der Waals surface area (Å²) in [5.74, 6) is 0.293. The quantitative estimate of drug-likeness (QED) is 0.124. The average Bonchev–Trinajstić information content (AvgIpc) is 3.57. The standard InChI is InChI=1S/C48H63N5O5Si/c1-13-23-53(46(55)58-47(5,6)7)29-34-20-21-43-40(28-34)51-45(57-43)38-18-14-16-36(32(38)3)37-17-15-19-39(33(37)4)50-44(54)41-27-31(2)35-22-24-52(30-42(35)49-41)25-26-56-59(11,12)48(8,9)10/h14-21,27-28H,13,22-26,29-30H2,1-12H3,(H,50,54). The molecular weight excluding hydrogens is 755 g/mol. The van der Waals surface area contributed by atoms with Crippen LogP contribution in [0.3, 0.4) is 0 Å². The van der Waals surface area contributed by atoms with Crippen molar-refractivity contribution in [1.29, 1.82) is 0 Å². The Kier molecular flexibility index (Phi) is 12.9. The summed E-state index contributed by atoms with van der Waals surface area (Å²) in [6.07, 6.45) is 1.40. The Morgan fingerprint density at radius 2 is 1.61 bits per heavy atom. The zero-order valence-electron chi connectivity index (χ0n) is 37.3. The maximum atomic E-state index is 13.9. The fourth-order valence-corrected chi connectivity index (χ4v) is 8.43. The number of carbonyl (C=O) groups is 2. The van der Waals surface area contributed by atoms with Crippen LogP contribution in [-0.2, 0) is 28.7 Å². The van der Waals surface area contributed by atoms with Gasteiger partial charge in [0.2, 0.25) is 5.89 Å². The number of fused-ring (bicyclic) bond motifs is 2. The Bertz CT molecular complexity index is 2340. The van der Waals surface area contributed by atoms with Gasteiger partial charge in [0.05, 0.1) is 5.69 Å². The summed E-state index contributed by atoms with van der Waals surface area (Å²) in [6, 6.07) is 19.9. The van der Waals surface area contributed by atoms with E-state index in [-0.39, 0.29) is 17.0 Å². The first kappa shape index (κ1) is 43.7. The van der Waals surface area contributed by atoms with E-state index in [1.807, 2.05) is 83.1 Å². The van der Waals surface area contributed by atoms with Crippen molar-refractivity contribution in [3.05, 3.63) is 99.9 Å². The van der Waals surface area contributed by atoms with Gasteiger partial charge in [-0.1, -0.05) is 58.0 Å². The Morgan fingerprint density at radius 1 is 0.915 bits per heavy atom. The van der Waals surface area contributed by atoms with Gasteiger partial charge in [-0.05, 0) is 142 Å². The van der Waals surface area contributed by atoms with Gasteiger partial charge in [-0.3, -0.25) is 9.69 Å². The Hall–Kier alpha value is -4.84. The van der Waals surface area contributed by atoms with Gasteiger partial charge in [0.25, 0.3) is 5.91 Å². The third-order valence-electron chi connectivity index (χ3n) is 11.8. The number of ether oxygens (including phenoxy) is 1. The lowest BCUT2D eigenvalue weighted by Gasteiger charge is -2.37. The molecule has 2 amide bonds. The molecule has 3 heterocycles. The molecule has 59 heavy (non-hydrogen) atoms. The lowest BCUT2D eigenvalue weighted by molar-refractivity contribution is 0.0233. The summed E-state index contributed by atoms with van der Waals surface area (Å²) in [5, 5.41) is 3.35. The topological polar surface area (TPSA) is 110 Å². The largest absolute Gasteiger partial charge is 0.444 e. The van der Waals surface area contributed by atoms with Gasteiger partial charge in [-0.2, -0.15) is 0 Å². The highest BCUT2D eigenvalue weighted by atomic mass is 28.4. The van der Waals surface area contributed by atoms with Crippen molar-refractivity contribution in [2.45, 2.75) is 119 Å².